The van der Waals surface area contributed by atoms with Crippen LogP contribution >= 0.6 is 0 Å². The van der Waals surface area contributed by atoms with Gasteiger partial charge in [0.2, 0.25) is 0 Å². The highest BCUT2D eigenvalue weighted by atomic mass is 32.2. The van der Waals surface area contributed by atoms with Crippen molar-refractivity contribution in [2.75, 3.05) is 7.11 Å². The van der Waals surface area contributed by atoms with E-state index in [4.69, 9.17) is 4.74 Å². The molecule has 5 heteroatoms. The Kier molecular flexibility index (Phi) is 4.25. The Morgan fingerprint density at radius 1 is 1.14 bits per heavy atom. The SMILES string of the molecule is COc1ccc2ccccc2c1[S@@](=O)/N=C/c1cccnc1. The fourth-order valence-electron chi connectivity index (χ4n) is 2.18. The quantitative estimate of drug-likeness (QED) is 0.694. The maximum Gasteiger partial charge on any atom is 0.176 e. The lowest BCUT2D eigenvalue weighted by Crippen LogP contribution is -1.96. The van der Waals surface area contributed by atoms with E-state index in [9.17, 15) is 4.21 Å². The number of pyridine rings is 1. The Balaban J connectivity index is 2.05. The minimum atomic E-state index is -1.55. The number of rotatable bonds is 4. The number of hydrogen-bond donors (Lipinski definition) is 0. The smallest absolute Gasteiger partial charge is 0.176 e. The molecule has 1 atom stereocenters. The molecule has 22 heavy (non-hydrogen) atoms. The molecular weight excluding hydrogens is 296 g/mol. The number of hydrogen-bond acceptors (Lipinski definition) is 3. The Morgan fingerprint density at radius 3 is 2.77 bits per heavy atom. The molecule has 2 aromatic carbocycles. The number of nitrogens with zero attached hydrogens (tertiary/aromatic N) is 2. The van der Waals surface area contributed by atoms with E-state index in [1.165, 1.54) is 0 Å². The molecule has 110 valence electrons. The Bertz CT molecular complexity index is 848. The Morgan fingerprint density at radius 2 is 2.00 bits per heavy atom. The first-order valence-electron chi connectivity index (χ1n) is 6.71. The highest BCUT2D eigenvalue weighted by Gasteiger charge is 2.14. The molecule has 1 aromatic heterocycles. The summed E-state index contributed by atoms with van der Waals surface area (Å²) in [6.07, 6.45) is 4.91. The zero-order chi connectivity index (χ0) is 15.4. The molecule has 0 amide bonds. The summed E-state index contributed by atoms with van der Waals surface area (Å²) in [5.74, 6) is 0.570. The molecule has 3 rings (SSSR count). The molecule has 0 fully saturated rings. The molecule has 0 radical (unpaired) electrons. The fourth-order valence-corrected chi connectivity index (χ4v) is 3.20. The lowest BCUT2D eigenvalue weighted by atomic mass is 10.1. The first kappa shape index (κ1) is 14.4. The van der Waals surface area contributed by atoms with Gasteiger partial charge in [0.25, 0.3) is 0 Å². The van der Waals surface area contributed by atoms with Crippen LogP contribution in [0.1, 0.15) is 5.56 Å². The van der Waals surface area contributed by atoms with Gasteiger partial charge in [-0.05, 0) is 17.5 Å². The molecule has 0 unspecified atom stereocenters. The predicted octanol–water partition coefficient (Wildman–Crippen LogP) is 3.39. The molecule has 0 saturated carbocycles. The third-order valence-corrected chi connectivity index (χ3v) is 4.29. The highest BCUT2D eigenvalue weighted by Crippen LogP contribution is 2.31. The molecule has 0 N–H and O–H groups in total. The summed E-state index contributed by atoms with van der Waals surface area (Å²) in [6.45, 7) is 0. The Labute approximate surface area is 131 Å². The van der Waals surface area contributed by atoms with Crippen molar-refractivity contribution in [1.29, 1.82) is 0 Å². The third-order valence-electron chi connectivity index (χ3n) is 3.22. The number of aromatic nitrogens is 1. The monoisotopic (exact) mass is 310 g/mol. The maximum absolute atomic E-state index is 12.6. The molecule has 3 aromatic rings. The second-order valence-corrected chi connectivity index (χ2v) is 5.71. The molecule has 1 heterocycles. The molecule has 4 nitrogen and oxygen atoms in total. The van der Waals surface area contributed by atoms with E-state index < -0.39 is 11.0 Å². The summed E-state index contributed by atoms with van der Waals surface area (Å²) < 4.78 is 22.1. The van der Waals surface area contributed by atoms with Crippen molar-refractivity contribution in [2.45, 2.75) is 4.90 Å². The summed E-state index contributed by atoms with van der Waals surface area (Å²) >= 11 is 0. The number of benzene rings is 2. The van der Waals surface area contributed by atoms with Crippen LogP contribution in [-0.2, 0) is 11.0 Å². The van der Waals surface area contributed by atoms with Crippen LogP contribution in [0.15, 0.2) is 70.2 Å². The average Bonchev–Trinajstić information content (AvgIpc) is 2.59. The van der Waals surface area contributed by atoms with Gasteiger partial charge in [-0.3, -0.25) is 4.98 Å². The van der Waals surface area contributed by atoms with Crippen LogP contribution < -0.4 is 4.74 Å². The van der Waals surface area contributed by atoms with Gasteiger partial charge in [-0.25, -0.2) is 4.21 Å². The Hall–Kier alpha value is -2.53. The highest BCUT2D eigenvalue weighted by molar-refractivity contribution is 7.84. The van der Waals surface area contributed by atoms with Crippen LogP contribution in [0.5, 0.6) is 5.75 Å². The molecule has 0 bridgehead atoms. The minimum Gasteiger partial charge on any atom is -0.495 e. The van der Waals surface area contributed by atoms with Crippen LogP contribution in [0.2, 0.25) is 0 Å². The lowest BCUT2D eigenvalue weighted by molar-refractivity contribution is 0.405. The van der Waals surface area contributed by atoms with Gasteiger partial charge in [0.15, 0.2) is 11.0 Å². The van der Waals surface area contributed by atoms with Crippen LogP contribution in [0.25, 0.3) is 10.8 Å². The van der Waals surface area contributed by atoms with Crippen LogP contribution in [0.4, 0.5) is 0 Å². The summed E-state index contributed by atoms with van der Waals surface area (Å²) in [6, 6.07) is 15.2. The first-order chi connectivity index (χ1) is 10.8. The molecule has 0 spiro atoms. The molecule has 0 aliphatic rings. The van der Waals surface area contributed by atoms with Gasteiger partial charge < -0.3 is 4.74 Å². The van der Waals surface area contributed by atoms with E-state index in [1.807, 2.05) is 48.5 Å². The van der Waals surface area contributed by atoms with Gasteiger partial charge in [-0.15, -0.1) is 0 Å². The van der Waals surface area contributed by atoms with Gasteiger partial charge in [-0.1, -0.05) is 36.4 Å². The van der Waals surface area contributed by atoms with Crippen LogP contribution in [0, 0.1) is 0 Å². The maximum atomic E-state index is 12.6. The van der Waals surface area contributed by atoms with Crippen molar-refractivity contribution in [1.82, 2.24) is 4.98 Å². The van der Waals surface area contributed by atoms with Gasteiger partial charge >= 0.3 is 0 Å². The summed E-state index contributed by atoms with van der Waals surface area (Å²) in [7, 11) is 0.0119. The van der Waals surface area contributed by atoms with Crippen molar-refractivity contribution >= 4 is 28.0 Å². The van der Waals surface area contributed by atoms with Gasteiger partial charge in [0.1, 0.15) is 10.6 Å². The van der Waals surface area contributed by atoms with Gasteiger partial charge in [-0.2, -0.15) is 4.40 Å². The van der Waals surface area contributed by atoms with Crippen molar-refractivity contribution in [2.24, 2.45) is 4.40 Å². The van der Waals surface area contributed by atoms with E-state index >= 15 is 0 Å². The standard InChI is InChI=1S/C17H14N2O2S/c1-21-16-9-8-14-6-2-3-7-15(14)17(16)22(20)19-12-13-5-4-10-18-11-13/h2-12H,1H3/b19-12+/t22-/m1/s1. The number of methoxy groups -OCH3 is 1. The van der Waals surface area contributed by atoms with E-state index in [2.05, 4.69) is 9.38 Å². The summed E-state index contributed by atoms with van der Waals surface area (Å²) in [4.78, 5) is 4.59. The van der Waals surface area contributed by atoms with Crippen molar-refractivity contribution in [3.05, 3.63) is 66.5 Å². The second kappa shape index (κ2) is 6.49. The number of ether oxygens (including phenoxy) is 1. The second-order valence-electron chi connectivity index (χ2n) is 4.59. The predicted molar refractivity (Wildman–Crippen MR) is 88.7 cm³/mol. The summed E-state index contributed by atoms with van der Waals surface area (Å²) in [5.41, 5.74) is 0.801. The average molecular weight is 310 g/mol. The zero-order valence-electron chi connectivity index (χ0n) is 12.0. The third kappa shape index (κ3) is 2.89. The lowest BCUT2D eigenvalue weighted by Gasteiger charge is -2.09. The molecule has 0 aliphatic heterocycles. The van der Waals surface area contributed by atoms with Crippen LogP contribution in [0.3, 0.4) is 0 Å². The van der Waals surface area contributed by atoms with Crippen LogP contribution in [-0.4, -0.2) is 22.5 Å². The van der Waals surface area contributed by atoms with Crippen molar-refractivity contribution in [3.63, 3.8) is 0 Å². The zero-order valence-corrected chi connectivity index (χ0v) is 12.8. The number of fused-ring (bicyclic) bond motifs is 1. The van der Waals surface area contributed by atoms with Gasteiger partial charge in [0, 0.05) is 29.6 Å². The van der Waals surface area contributed by atoms with Crippen molar-refractivity contribution in [3.8, 4) is 5.75 Å². The molecule has 0 saturated heterocycles. The van der Waals surface area contributed by atoms with Gasteiger partial charge in [0.05, 0.1) is 7.11 Å². The molecular formula is C17H14N2O2S. The topological polar surface area (TPSA) is 51.5 Å². The van der Waals surface area contributed by atoms with E-state index in [-0.39, 0.29) is 0 Å². The first-order valence-corrected chi connectivity index (χ1v) is 7.82. The normalized spacial score (nSPS) is 12.6. The van der Waals surface area contributed by atoms with E-state index in [0.29, 0.717) is 10.6 Å². The summed E-state index contributed by atoms with van der Waals surface area (Å²) in [5, 5.41) is 1.88. The van der Waals surface area contributed by atoms with E-state index in [0.717, 1.165) is 16.3 Å². The van der Waals surface area contributed by atoms with E-state index in [1.54, 1.807) is 25.7 Å². The molecule has 0 aliphatic carbocycles. The minimum absolute atomic E-state index is 0.570. The fraction of sp³-hybridized carbons (Fsp3) is 0.0588. The largest absolute Gasteiger partial charge is 0.495 e. The van der Waals surface area contributed by atoms with Crippen molar-refractivity contribution < 1.29 is 8.95 Å².